The number of rotatable bonds is 8. The molecular formula is C19H19N3O3S. The first-order valence-corrected chi connectivity index (χ1v) is 8.93. The molecule has 0 aliphatic heterocycles. The van der Waals surface area contributed by atoms with Crippen LogP contribution in [-0.4, -0.2) is 37.0 Å². The predicted molar refractivity (Wildman–Crippen MR) is 102 cm³/mol. The highest BCUT2D eigenvalue weighted by molar-refractivity contribution is 7.12. The summed E-state index contributed by atoms with van der Waals surface area (Å²) >= 11 is 1.38. The zero-order valence-corrected chi connectivity index (χ0v) is 15.4. The van der Waals surface area contributed by atoms with E-state index in [4.69, 9.17) is 9.47 Å². The van der Waals surface area contributed by atoms with Gasteiger partial charge in [0.15, 0.2) is 6.29 Å². The van der Waals surface area contributed by atoms with Gasteiger partial charge in [0.2, 0.25) is 0 Å². The Labute approximate surface area is 155 Å². The van der Waals surface area contributed by atoms with E-state index in [1.807, 2.05) is 35.7 Å². The minimum absolute atomic E-state index is 0.285. The summed E-state index contributed by atoms with van der Waals surface area (Å²) in [5.41, 5.74) is 2.79. The van der Waals surface area contributed by atoms with Gasteiger partial charge in [0.25, 0.3) is 0 Å². The van der Waals surface area contributed by atoms with E-state index in [-0.39, 0.29) is 6.01 Å². The van der Waals surface area contributed by atoms with E-state index < -0.39 is 0 Å². The maximum absolute atomic E-state index is 10.9. The number of nitrogens with one attached hydrogen (secondary N) is 1. The fourth-order valence-electron chi connectivity index (χ4n) is 2.43. The van der Waals surface area contributed by atoms with Crippen molar-refractivity contribution in [2.75, 3.05) is 26.1 Å². The van der Waals surface area contributed by atoms with Crippen LogP contribution in [0.4, 0.5) is 5.82 Å². The molecule has 6 nitrogen and oxygen atoms in total. The normalized spacial score (nSPS) is 10.4. The number of aldehydes is 1. The molecule has 0 unspecified atom stereocenters. The Morgan fingerprint density at radius 2 is 1.92 bits per heavy atom. The second-order valence-electron chi connectivity index (χ2n) is 5.51. The van der Waals surface area contributed by atoms with Gasteiger partial charge in [0, 0.05) is 23.6 Å². The van der Waals surface area contributed by atoms with Crippen molar-refractivity contribution in [1.82, 2.24) is 9.97 Å². The average molecular weight is 369 g/mol. The van der Waals surface area contributed by atoms with Crippen LogP contribution in [0, 0.1) is 0 Å². The molecule has 2 aromatic heterocycles. The van der Waals surface area contributed by atoms with E-state index in [0.717, 1.165) is 30.6 Å². The predicted octanol–water partition coefficient (Wildman–Crippen LogP) is 3.69. The van der Waals surface area contributed by atoms with Crippen molar-refractivity contribution in [1.29, 1.82) is 0 Å². The van der Waals surface area contributed by atoms with Crippen LogP contribution in [0.2, 0.25) is 0 Å². The van der Waals surface area contributed by atoms with Crippen LogP contribution in [0.3, 0.4) is 0 Å². The van der Waals surface area contributed by atoms with E-state index >= 15 is 0 Å². The molecule has 2 heterocycles. The highest BCUT2D eigenvalue weighted by atomic mass is 32.1. The van der Waals surface area contributed by atoms with Crippen molar-refractivity contribution in [3.8, 4) is 23.0 Å². The molecule has 0 aliphatic rings. The number of hydrogen-bond donors (Lipinski definition) is 1. The summed E-state index contributed by atoms with van der Waals surface area (Å²) < 4.78 is 10.4. The monoisotopic (exact) mass is 369 g/mol. The van der Waals surface area contributed by atoms with Gasteiger partial charge >= 0.3 is 6.01 Å². The number of anilines is 1. The topological polar surface area (TPSA) is 73.3 Å². The molecule has 0 atom stereocenters. The zero-order valence-electron chi connectivity index (χ0n) is 14.6. The highest BCUT2D eigenvalue weighted by Crippen LogP contribution is 2.26. The van der Waals surface area contributed by atoms with E-state index in [9.17, 15) is 4.79 Å². The molecule has 1 N–H and O–H groups in total. The summed E-state index contributed by atoms with van der Waals surface area (Å²) in [6.07, 6.45) is 1.68. The van der Waals surface area contributed by atoms with Crippen molar-refractivity contribution in [3.05, 3.63) is 52.2 Å². The Morgan fingerprint density at radius 1 is 1.12 bits per heavy atom. The third kappa shape index (κ3) is 4.37. The third-order valence-corrected chi connectivity index (χ3v) is 4.66. The maximum Gasteiger partial charge on any atom is 0.318 e. The first kappa shape index (κ1) is 17.9. The standard InChI is InChI=1S/C19H19N3O3S/c1-24-15-5-3-13(4-6-15)7-8-20-18-10-17(21-19(22-18)25-2)14-9-16(11-23)26-12-14/h3-6,9-12H,7-8H2,1-2H3,(H,20,21,22). The lowest BCUT2D eigenvalue weighted by Gasteiger charge is -2.09. The molecule has 26 heavy (non-hydrogen) atoms. The summed E-state index contributed by atoms with van der Waals surface area (Å²) in [4.78, 5) is 20.2. The number of carbonyl (C=O) groups is 1. The van der Waals surface area contributed by atoms with Crippen molar-refractivity contribution in [2.24, 2.45) is 0 Å². The smallest absolute Gasteiger partial charge is 0.318 e. The van der Waals surface area contributed by atoms with Gasteiger partial charge in [-0.15, -0.1) is 11.3 Å². The van der Waals surface area contributed by atoms with Crippen molar-refractivity contribution < 1.29 is 14.3 Å². The molecule has 0 amide bonds. The Hall–Kier alpha value is -2.93. The Bertz CT molecular complexity index is 878. The SMILES string of the molecule is COc1ccc(CCNc2cc(-c3csc(C=O)c3)nc(OC)n2)cc1. The highest BCUT2D eigenvalue weighted by Gasteiger charge is 2.09. The molecule has 0 saturated heterocycles. The lowest BCUT2D eigenvalue weighted by atomic mass is 10.1. The van der Waals surface area contributed by atoms with Crippen molar-refractivity contribution in [3.63, 3.8) is 0 Å². The van der Waals surface area contributed by atoms with Gasteiger partial charge in [-0.2, -0.15) is 9.97 Å². The number of thiophene rings is 1. The van der Waals surface area contributed by atoms with Crippen molar-refractivity contribution >= 4 is 23.4 Å². The number of carbonyl (C=O) groups excluding carboxylic acids is 1. The second kappa shape index (κ2) is 8.44. The quantitative estimate of drug-likeness (QED) is 0.611. The van der Waals surface area contributed by atoms with E-state index in [2.05, 4.69) is 15.3 Å². The van der Waals surface area contributed by atoms with Crippen LogP contribution < -0.4 is 14.8 Å². The van der Waals surface area contributed by atoms with Crippen LogP contribution in [0.25, 0.3) is 11.3 Å². The van der Waals surface area contributed by atoms with Crippen molar-refractivity contribution in [2.45, 2.75) is 6.42 Å². The number of aromatic nitrogens is 2. The first-order chi connectivity index (χ1) is 12.7. The molecule has 1 aromatic carbocycles. The van der Waals surface area contributed by atoms with Gasteiger partial charge < -0.3 is 14.8 Å². The molecular weight excluding hydrogens is 350 g/mol. The number of hydrogen-bond acceptors (Lipinski definition) is 7. The number of nitrogens with zero attached hydrogens (tertiary/aromatic N) is 2. The lowest BCUT2D eigenvalue weighted by Crippen LogP contribution is -2.08. The molecule has 134 valence electrons. The molecule has 0 radical (unpaired) electrons. The summed E-state index contributed by atoms with van der Waals surface area (Å²) in [7, 11) is 3.19. The molecule has 7 heteroatoms. The number of ether oxygens (including phenoxy) is 2. The van der Waals surface area contributed by atoms with Crippen LogP contribution in [0.1, 0.15) is 15.2 Å². The lowest BCUT2D eigenvalue weighted by molar-refractivity contribution is 0.112. The Kier molecular flexibility index (Phi) is 5.80. The maximum atomic E-state index is 10.9. The molecule has 3 rings (SSSR count). The van der Waals surface area contributed by atoms with E-state index in [1.54, 1.807) is 13.2 Å². The summed E-state index contributed by atoms with van der Waals surface area (Å²) in [6, 6.07) is 11.9. The Morgan fingerprint density at radius 3 is 2.58 bits per heavy atom. The third-order valence-electron chi connectivity index (χ3n) is 3.80. The fraction of sp³-hybridized carbons (Fsp3) is 0.211. The van der Waals surface area contributed by atoms with E-state index in [0.29, 0.717) is 16.4 Å². The van der Waals surface area contributed by atoms with Gasteiger partial charge in [-0.1, -0.05) is 12.1 Å². The number of methoxy groups -OCH3 is 2. The zero-order chi connectivity index (χ0) is 18.4. The molecule has 0 bridgehead atoms. The number of benzene rings is 1. The summed E-state index contributed by atoms with van der Waals surface area (Å²) in [6.45, 7) is 0.717. The molecule has 3 aromatic rings. The van der Waals surface area contributed by atoms with Crippen LogP contribution in [0.5, 0.6) is 11.8 Å². The van der Waals surface area contributed by atoms with E-state index in [1.165, 1.54) is 24.0 Å². The van der Waals surface area contributed by atoms with Gasteiger partial charge in [-0.3, -0.25) is 4.79 Å². The first-order valence-electron chi connectivity index (χ1n) is 8.06. The van der Waals surface area contributed by atoms with Gasteiger partial charge in [0.05, 0.1) is 24.8 Å². The molecule has 0 fully saturated rings. The molecule has 0 spiro atoms. The van der Waals surface area contributed by atoms with Crippen LogP contribution in [0.15, 0.2) is 41.8 Å². The van der Waals surface area contributed by atoms with Gasteiger partial charge in [0.1, 0.15) is 11.6 Å². The van der Waals surface area contributed by atoms with Gasteiger partial charge in [-0.25, -0.2) is 0 Å². The average Bonchev–Trinajstić information content (AvgIpc) is 3.17. The van der Waals surface area contributed by atoms with Crippen LogP contribution in [-0.2, 0) is 6.42 Å². The largest absolute Gasteiger partial charge is 0.497 e. The Balaban J connectivity index is 1.70. The van der Waals surface area contributed by atoms with Gasteiger partial charge in [-0.05, 0) is 30.2 Å². The molecule has 0 saturated carbocycles. The fourth-order valence-corrected chi connectivity index (χ4v) is 3.13. The second-order valence-corrected chi connectivity index (χ2v) is 6.45. The molecule has 0 aliphatic carbocycles. The summed E-state index contributed by atoms with van der Waals surface area (Å²) in [5.74, 6) is 1.52. The minimum atomic E-state index is 0.285. The van der Waals surface area contributed by atoms with Crippen LogP contribution >= 0.6 is 11.3 Å². The minimum Gasteiger partial charge on any atom is -0.497 e. The summed E-state index contributed by atoms with van der Waals surface area (Å²) in [5, 5.41) is 5.19.